The third-order valence-electron chi connectivity index (χ3n) is 8.79. The van der Waals surface area contributed by atoms with Gasteiger partial charge in [0.05, 0.1) is 22.1 Å². The molecule has 0 spiro atoms. The summed E-state index contributed by atoms with van der Waals surface area (Å²) in [5.74, 6) is 0.942. The summed E-state index contributed by atoms with van der Waals surface area (Å²) in [5, 5.41) is 5.94. The van der Waals surface area contributed by atoms with Crippen molar-refractivity contribution >= 4 is 33.9 Å². The summed E-state index contributed by atoms with van der Waals surface area (Å²) in [5.41, 5.74) is 9.99. The number of carbonyl (C=O) groups excluding carboxylic acids is 2. The number of fused-ring (bicyclic) bond motifs is 2. The molecule has 7 aromatic rings. The molecule has 250 valence electrons. The summed E-state index contributed by atoms with van der Waals surface area (Å²) in [6.07, 6.45) is 0. The van der Waals surface area contributed by atoms with Crippen molar-refractivity contribution in [3.05, 3.63) is 131 Å². The van der Waals surface area contributed by atoms with Crippen molar-refractivity contribution in [3.8, 4) is 23.0 Å². The third kappa shape index (κ3) is 6.47. The highest BCUT2D eigenvalue weighted by molar-refractivity contribution is 5.93. The summed E-state index contributed by atoms with van der Waals surface area (Å²) >= 11 is 0. The molecule has 2 amide bonds. The van der Waals surface area contributed by atoms with E-state index < -0.39 is 0 Å². The molecule has 0 atom stereocenters. The highest BCUT2D eigenvalue weighted by atomic mass is 16.2. The number of imidazole rings is 2. The predicted molar refractivity (Wildman–Crippen MR) is 196 cm³/mol. The highest BCUT2D eigenvalue weighted by Crippen LogP contribution is 2.26. The Labute approximate surface area is 290 Å². The second-order valence-electron chi connectivity index (χ2n) is 12.3. The van der Waals surface area contributed by atoms with Gasteiger partial charge in [0.2, 0.25) is 0 Å². The van der Waals surface area contributed by atoms with Crippen LogP contribution in [0, 0.1) is 13.8 Å². The van der Waals surface area contributed by atoms with Crippen molar-refractivity contribution in [3.63, 3.8) is 0 Å². The van der Waals surface area contributed by atoms with Crippen molar-refractivity contribution in [2.75, 3.05) is 0 Å². The minimum Gasteiger partial charge on any atom is -0.347 e. The van der Waals surface area contributed by atoms with Crippen molar-refractivity contribution in [2.24, 2.45) is 0 Å². The molecule has 0 radical (unpaired) electrons. The van der Waals surface area contributed by atoms with Crippen molar-refractivity contribution in [2.45, 2.75) is 53.9 Å². The number of hydrogen-bond donors (Lipinski definition) is 2. The maximum absolute atomic E-state index is 13.1. The molecule has 3 aromatic carbocycles. The Morgan fingerprint density at radius 2 is 0.980 bits per heavy atom. The number of rotatable bonds is 10. The van der Waals surface area contributed by atoms with Gasteiger partial charge in [-0.1, -0.05) is 48.5 Å². The summed E-state index contributed by atoms with van der Waals surface area (Å²) in [4.78, 5) is 45.2. The molecule has 0 bridgehead atoms. The molecule has 0 unspecified atom stereocenters. The normalized spacial score (nSPS) is 11.3. The van der Waals surface area contributed by atoms with Gasteiger partial charge in [0.15, 0.2) is 11.6 Å². The lowest BCUT2D eigenvalue weighted by molar-refractivity contribution is 0.0938. The number of nitrogens with one attached hydrogen (secondary N) is 2. The number of nitrogens with zero attached hydrogens (tertiary/aromatic N) is 6. The highest BCUT2D eigenvalue weighted by Gasteiger charge is 2.17. The van der Waals surface area contributed by atoms with Crippen LogP contribution in [-0.2, 0) is 26.2 Å². The monoisotopic (exact) mass is 662 g/mol. The van der Waals surface area contributed by atoms with Crippen LogP contribution < -0.4 is 10.6 Å². The average molecular weight is 663 g/mol. The maximum atomic E-state index is 13.1. The molecule has 0 saturated carbocycles. The number of amides is 2. The fourth-order valence-electron chi connectivity index (χ4n) is 6.20. The lowest BCUT2D eigenvalue weighted by Gasteiger charge is -2.10. The Morgan fingerprint density at radius 1 is 0.560 bits per heavy atom. The Morgan fingerprint density at radius 3 is 1.38 bits per heavy atom. The largest absolute Gasteiger partial charge is 0.347 e. The Hall–Kier alpha value is -6.16. The van der Waals surface area contributed by atoms with Gasteiger partial charge < -0.3 is 19.8 Å². The Balaban J connectivity index is 0.969. The second kappa shape index (κ2) is 13.8. The molecule has 4 aromatic heterocycles. The van der Waals surface area contributed by atoms with E-state index in [-0.39, 0.29) is 11.8 Å². The van der Waals surface area contributed by atoms with Gasteiger partial charge in [-0.15, -0.1) is 0 Å². The van der Waals surface area contributed by atoms with E-state index in [0.29, 0.717) is 35.9 Å². The molecule has 10 heteroatoms. The van der Waals surface area contributed by atoms with Crippen LogP contribution in [0.3, 0.4) is 0 Å². The van der Waals surface area contributed by atoms with Crippen LogP contribution in [0.4, 0.5) is 0 Å². The van der Waals surface area contributed by atoms with Crippen molar-refractivity contribution in [1.82, 2.24) is 39.7 Å². The first-order chi connectivity index (χ1) is 24.3. The minimum absolute atomic E-state index is 0.266. The van der Waals surface area contributed by atoms with E-state index >= 15 is 0 Å². The van der Waals surface area contributed by atoms with Gasteiger partial charge in [0, 0.05) is 26.2 Å². The first kappa shape index (κ1) is 32.4. The SMILES string of the molecule is CCn1c(-c2cccc(C(=O)NCc3ccc(CNC(=O)c4cccc(-c5nc6cc(C)ccc6n5CC)n4)cc3)n2)nc2cc(C)ccc21. The molecule has 0 aliphatic rings. The van der Waals surface area contributed by atoms with Crippen LogP contribution in [0.25, 0.3) is 45.1 Å². The van der Waals surface area contributed by atoms with E-state index in [1.807, 2.05) is 62.4 Å². The van der Waals surface area contributed by atoms with Crippen LogP contribution in [0.15, 0.2) is 97.1 Å². The lowest BCUT2D eigenvalue weighted by atomic mass is 10.1. The summed E-state index contributed by atoms with van der Waals surface area (Å²) < 4.78 is 4.23. The van der Waals surface area contributed by atoms with E-state index in [0.717, 1.165) is 69.1 Å². The molecular formula is C40H38N8O2. The van der Waals surface area contributed by atoms with E-state index in [1.165, 1.54) is 0 Å². The molecule has 0 saturated heterocycles. The van der Waals surface area contributed by atoms with Gasteiger partial charge in [-0.2, -0.15) is 0 Å². The van der Waals surface area contributed by atoms with Gasteiger partial charge in [0.1, 0.15) is 22.8 Å². The van der Waals surface area contributed by atoms with Crippen LogP contribution in [0.1, 0.15) is 57.1 Å². The third-order valence-corrected chi connectivity index (χ3v) is 8.79. The van der Waals surface area contributed by atoms with Crippen LogP contribution in [0.5, 0.6) is 0 Å². The molecular weight excluding hydrogens is 624 g/mol. The molecule has 50 heavy (non-hydrogen) atoms. The van der Waals surface area contributed by atoms with Gasteiger partial charge in [-0.05, 0) is 98.5 Å². The molecule has 2 N–H and O–H groups in total. The zero-order chi connectivity index (χ0) is 34.8. The first-order valence-electron chi connectivity index (χ1n) is 16.8. The smallest absolute Gasteiger partial charge is 0.270 e. The quantitative estimate of drug-likeness (QED) is 0.162. The number of benzene rings is 3. The Bertz CT molecular complexity index is 2210. The summed E-state index contributed by atoms with van der Waals surface area (Å²) in [6.45, 7) is 10.4. The maximum Gasteiger partial charge on any atom is 0.270 e. The number of pyridine rings is 2. The van der Waals surface area contributed by atoms with Crippen molar-refractivity contribution in [1.29, 1.82) is 0 Å². The zero-order valence-electron chi connectivity index (χ0n) is 28.6. The molecule has 0 aliphatic heterocycles. The number of aryl methyl sites for hydroxylation is 4. The molecule has 10 nitrogen and oxygen atoms in total. The van der Waals surface area contributed by atoms with Crippen LogP contribution in [-0.4, -0.2) is 40.9 Å². The molecule has 0 aliphatic carbocycles. The van der Waals surface area contributed by atoms with Gasteiger partial charge in [0.25, 0.3) is 11.8 Å². The van der Waals surface area contributed by atoms with Crippen molar-refractivity contribution < 1.29 is 9.59 Å². The second-order valence-corrected chi connectivity index (χ2v) is 12.3. The zero-order valence-corrected chi connectivity index (χ0v) is 28.6. The van der Waals surface area contributed by atoms with Gasteiger partial charge in [-0.25, -0.2) is 19.9 Å². The number of aromatic nitrogens is 6. The first-order valence-corrected chi connectivity index (χ1v) is 16.8. The molecule has 4 heterocycles. The van der Waals surface area contributed by atoms with E-state index in [1.54, 1.807) is 12.1 Å². The standard InChI is InChI=1S/C40H38N8O2/c1-5-47-35-19-13-25(3)21-33(35)45-37(47)29-9-7-11-31(43-29)39(49)41-23-27-15-17-28(18-16-27)24-42-40(50)32-12-8-10-30(44-32)38-46-34-22-26(4)14-20-36(34)48(38)6-2/h7-22H,5-6,23-24H2,1-4H3,(H,41,49)(H,42,50). The fourth-order valence-corrected chi connectivity index (χ4v) is 6.20. The van der Waals surface area contributed by atoms with E-state index in [4.69, 9.17) is 9.97 Å². The number of carbonyl (C=O) groups is 2. The van der Waals surface area contributed by atoms with E-state index in [9.17, 15) is 9.59 Å². The minimum atomic E-state index is -0.266. The molecule has 7 rings (SSSR count). The topological polar surface area (TPSA) is 120 Å². The lowest BCUT2D eigenvalue weighted by Crippen LogP contribution is -2.24. The average Bonchev–Trinajstić information content (AvgIpc) is 3.70. The number of hydrogen-bond acceptors (Lipinski definition) is 6. The predicted octanol–water partition coefficient (Wildman–Crippen LogP) is 7.03. The van der Waals surface area contributed by atoms with Gasteiger partial charge >= 0.3 is 0 Å². The summed E-state index contributed by atoms with van der Waals surface area (Å²) in [6, 6.07) is 31.0. The fraction of sp³-hybridized carbons (Fsp3) is 0.200. The summed E-state index contributed by atoms with van der Waals surface area (Å²) in [7, 11) is 0. The van der Waals surface area contributed by atoms with Gasteiger partial charge in [-0.3, -0.25) is 9.59 Å². The van der Waals surface area contributed by atoms with E-state index in [2.05, 4.69) is 80.0 Å². The molecule has 0 fully saturated rings. The van der Waals surface area contributed by atoms with Crippen LogP contribution >= 0.6 is 0 Å². The van der Waals surface area contributed by atoms with Crippen LogP contribution in [0.2, 0.25) is 0 Å². The Kier molecular flexibility index (Phi) is 8.91.